The lowest BCUT2D eigenvalue weighted by Crippen LogP contribution is -2.34. The summed E-state index contributed by atoms with van der Waals surface area (Å²) in [7, 11) is 4.87. The Hall–Kier alpha value is -2.97. The minimum Gasteiger partial charge on any atom is -0.497 e. The van der Waals surface area contributed by atoms with Crippen molar-refractivity contribution in [1.29, 1.82) is 0 Å². The van der Waals surface area contributed by atoms with Gasteiger partial charge in [0, 0.05) is 19.1 Å². The van der Waals surface area contributed by atoms with Gasteiger partial charge in [0.1, 0.15) is 16.5 Å². The van der Waals surface area contributed by atoms with Gasteiger partial charge in [-0.05, 0) is 42.3 Å². The van der Waals surface area contributed by atoms with Crippen molar-refractivity contribution in [2.45, 2.75) is 12.8 Å². The number of aromatic nitrogens is 2. The van der Waals surface area contributed by atoms with E-state index in [2.05, 4.69) is 10.2 Å². The fraction of sp³-hybridized carbons (Fsp3) is 0.318. The molecule has 1 aromatic heterocycles. The zero-order valence-electron chi connectivity index (χ0n) is 17.3. The van der Waals surface area contributed by atoms with E-state index < -0.39 is 0 Å². The van der Waals surface area contributed by atoms with Crippen molar-refractivity contribution < 1.29 is 19.0 Å². The van der Waals surface area contributed by atoms with Crippen molar-refractivity contribution in [3.8, 4) is 22.1 Å². The molecule has 0 unspecified atom stereocenters. The number of para-hydroxylation sites is 1. The number of ether oxygens (including phenoxy) is 3. The lowest BCUT2D eigenvalue weighted by atomic mass is 10.1. The molecule has 0 bridgehead atoms. The van der Waals surface area contributed by atoms with Crippen LogP contribution < -0.4 is 14.4 Å². The SMILES string of the molecule is COCCN(C(=O)CCc1ccccc1OC)c1nnc(-c2ccc(OC)cc2)s1. The molecule has 7 nitrogen and oxygen atoms in total. The number of carbonyl (C=O) groups excluding carboxylic acids is 1. The van der Waals surface area contributed by atoms with E-state index in [0.717, 1.165) is 27.6 Å². The van der Waals surface area contributed by atoms with Crippen LogP contribution in [-0.4, -0.2) is 50.6 Å². The van der Waals surface area contributed by atoms with Crippen LogP contribution in [0, 0.1) is 0 Å². The van der Waals surface area contributed by atoms with Crippen molar-refractivity contribution in [2.75, 3.05) is 39.4 Å². The average molecular weight is 428 g/mol. The number of aryl methyl sites for hydroxylation is 1. The molecule has 1 amide bonds. The summed E-state index contributed by atoms with van der Waals surface area (Å²) in [6, 6.07) is 15.3. The Kier molecular flexibility index (Phi) is 7.75. The summed E-state index contributed by atoms with van der Waals surface area (Å²) in [6.45, 7) is 0.830. The van der Waals surface area contributed by atoms with E-state index in [1.807, 2.05) is 48.5 Å². The molecule has 0 aliphatic rings. The van der Waals surface area contributed by atoms with Crippen molar-refractivity contribution in [3.63, 3.8) is 0 Å². The highest BCUT2D eigenvalue weighted by Gasteiger charge is 2.21. The van der Waals surface area contributed by atoms with E-state index in [4.69, 9.17) is 14.2 Å². The topological polar surface area (TPSA) is 73.8 Å². The van der Waals surface area contributed by atoms with Crippen molar-refractivity contribution in [3.05, 3.63) is 54.1 Å². The van der Waals surface area contributed by atoms with Crippen LogP contribution in [0.25, 0.3) is 10.6 Å². The molecule has 158 valence electrons. The van der Waals surface area contributed by atoms with Gasteiger partial charge < -0.3 is 14.2 Å². The lowest BCUT2D eigenvalue weighted by Gasteiger charge is -2.19. The van der Waals surface area contributed by atoms with Gasteiger partial charge in [-0.15, -0.1) is 10.2 Å². The molecule has 8 heteroatoms. The van der Waals surface area contributed by atoms with Gasteiger partial charge in [0.25, 0.3) is 0 Å². The molecule has 0 spiro atoms. The van der Waals surface area contributed by atoms with E-state index in [-0.39, 0.29) is 5.91 Å². The third kappa shape index (κ3) is 5.34. The molecule has 0 saturated heterocycles. The van der Waals surface area contributed by atoms with E-state index in [1.165, 1.54) is 11.3 Å². The third-order valence-corrected chi connectivity index (χ3v) is 5.60. The van der Waals surface area contributed by atoms with Gasteiger partial charge in [0.05, 0.1) is 27.4 Å². The van der Waals surface area contributed by atoms with Crippen LogP contribution in [0.1, 0.15) is 12.0 Å². The first-order valence-corrected chi connectivity index (χ1v) is 10.4. The number of hydrogen-bond acceptors (Lipinski definition) is 7. The zero-order valence-corrected chi connectivity index (χ0v) is 18.1. The molecule has 0 saturated carbocycles. The monoisotopic (exact) mass is 427 g/mol. The van der Waals surface area contributed by atoms with Crippen LogP contribution in [0.5, 0.6) is 11.5 Å². The summed E-state index contributed by atoms with van der Waals surface area (Å²) in [5.74, 6) is 1.53. The Bertz CT molecular complexity index is 959. The second-order valence-corrected chi connectivity index (χ2v) is 7.42. The Labute approximate surface area is 180 Å². The second kappa shape index (κ2) is 10.7. The van der Waals surface area contributed by atoms with Gasteiger partial charge in [-0.1, -0.05) is 29.5 Å². The van der Waals surface area contributed by atoms with Crippen LogP contribution in [0.2, 0.25) is 0 Å². The van der Waals surface area contributed by atoms with Crippen LogP contribution in [0.15, 0.2) is 48.5 Å². The summed E-state index contributed by atoms with van der Waals surface area (Å²) in [5, 5.41) is 9.83. The highest BCUT2D eigenvalue weighted by Crippen LogP contribution is 2.30. The van der Waals surface area contributed by atoms with Gasteiger partial charge >= 0.3 is 0 Å². The Morgan fingerprint density at radius 3 is 2.47 bits per heavy atom. The molecule has 3 rings (SSSR count). The molecular formula is C22H25N3O4S. The van der Waals surface area contributed by atoms with E-state index in [0.29, 0.717) is 31.1 Å². The van der Waals surface area contributed by atoms with E-state index in [9.17, 15) is 4.79 Å². The highest BCUT2D eigenvalue weighted by atomic mass is 32.1. The summed E-state index contributed by atoms with van der Waals surface area (Å²) < 4.78 is 15.8. The first kappa shape index (κ1) is 21.7. The summed E-state index contributed by atoms with van der Waals surface area (Å²) >= 11 is 1.38. The molecule has 1 heterocycles. The normalized spacial score (nSPS) is 10.6. The predicted molar refractivity (Wildman–Crippen MR) is 117 cm³/mol. The van der Waals surface area contributed by atoms with Gasteiger partial charge in [0.15, 0.2) is 0 Å². The smallest absolute Gasteiger partial charge is 0.229 e. The molecule has 0 N–H and O–H groups in total. The Morgan fingerprint density at radius 1 is 1.00 bits per heavy atom. The largest absolute Gasteiger partial charge is 0.497 e. The molecule has 0 aliphatic carbocycles. The Morgan fingerprint density at radius 2 is 1.77 bits per heavy atom. The van der Waals surface area contributed by atoms with Crippen molar-refractivity contribution >= 4 is 22.4 Å². The maximum Gasteiger partial charge on any atom is 0.229 e. The molecule has 0 fully saturated rings. The molecule has 0 aliphatic heterocycles. The number of amides is 1. The lowest BCUT2D eigenvalue weighted by molar-refractivity contribution is -0.118. The number of hydrogen-bond donors (Lipinski definition) is 0. The quantitative estimate of drug-likeness (QED) is 0.490. The van der Waals surface area contributed by atoms with Crippen LogP contribution in [0.4, 0.5) is 5.13 Å². The van der Waals surface area contributed by atoms with E-state index >= 15 is 0 Å². The van der Waals surface area contributed by atoms with Gasteiger partial charge in [-0.2, -0.15) is 0 Å². The number of rotatable bonds is 10. The number of nitrogens with zero attached hydrogens (tertiary/aromatic N) is 3. The van der Waals surface area contributed by atoms with Gasteiger partial charge in [-0.25, -0.2) is 0 Å². The number of methoxy groups -OCH3 is 3. The van der Waals surface area contributed by atoms with Crippen LogP contribution in [-0.2, 0) is 16.0 Å². The maximum atomic E-state index is 13.0. The van der Waals surface area contributed by atoms with Crippen LogP contribution in [0.3, 0.4) is 0 Å². The average Bonchev–Trinajstić information content (AvgIpc) is 3.28. The van der Waals surface area contributed by atoms with E-state index in [1.54, 1.807) is 26.2 Å². The fourth-order valence-electron chi connectivity index (χ4n) is 2.97. The summed E-state index contributed by atoms with van der Waals surface area (Å²) in [4.78, 5) is 14.6. The van der Waals surface area contributed by atoms with Gasteiger partial charge in [0.2, 0.25) is 11.0 Å². The number of benzene rings is 2. The maximum absolute atomic E-state index is 13.0. The number of carbonyl (C=O) groups is 1. The molecular weight excluding hydrogens is 402 g/mol. The highest BCUT2D eigenvalue weighted by molar-refractivity contribution is 7.18. The Balaban J connectivity index is 1.74. The molecule has 3 aromatic rings. The summed E-state index contributed by atoms with van der Waals surface area (Å²) in [5.41, 5.74) is 1.92. The van der Waals surface area contributed by atoms with Crippen molar-refractivity contribution in [1.82, 2.24) is 10.2 Å². The molecule has 0 radical (unpaired) electrons. The van der Waals surface area contributed by atoms with Crippen LogP contribution >= 0.6 is 11.3 Å². The second-order valence-electron chi connectivity index (χ2n) is 6.47. The zero-order chi connectivity index (χ0) is 21.3. The first-order valence-electron chi connectivity index (χ1n) is 9.55. The molecule has 30 heavy (non-hydrogen) atoms. The summed E-state index contributed by atoms with van der Waals surface area (Å²) in [6.07, 6.45) is 0.915. The molecule has 2 aromatic carbocycles. The van der Waals surface area contributed by atoms with Gasteiger partial charge in [-0.3, -0.25) is 9.69 Å². The minimum absolute atomic E-state index is 0.0320. The predicted octanol–water partition coefficient (Wildman–Crippen LogP) is 3.83. The number of anilines is 1. The standard InChI is InChI=1S/C22H25N3O4S/c1-27-15-14-25(20(26)13-10-16-6-4-5-7-19(16)29-3)22-24-23-21(30-22)17-8-11-18(28-2)12-9-17/h4-9,11-12H,10,13-15H2,1-3H3. The molecule has 0 atom stereocenters. The van der Waals surface area contributed by atoms with Crippen molar-refractivity contribution in [2.24, 2.45) is 0 Å². The minimum atomic E-state index is -0.0320. The fourth-order valence-corrected chi connectivity index (χ4v) is 3.86. The first-order chi connectivity index (χ1) is 14.7. The third-order valence-electron chi connectivity index (χ3n) is 4.60.